The quantitative estimate of drug-likeness (QED) is 0.619. The summed E-state index contributed by atoms with van der Waals surface area (Å²) in [6, 6.07) is 17.9. The lowest BCUT2D eigenvalue weighted by Crippen LogP contribution is -2.21. The van der Waals surface area contributed by atoms with E-state index in [0.717, 1.165) is 22.0 Å². The van der Waals surface area contributed by atoms with Crippen molar-refractivity contribution in [3.8, 4) is 0 Å². The molecule has 0 fully saturated rings. The minimum absolute atomic E-state index is 0.367. The van der Waals surface area contributed by atoms with Crippen LogP contribution in [0.2, 0.25) is 5.02 Å². The molecule has 1 aliphatic rings. The highest BCUT2D eigenvalue weighted by Gasteiger charge is 2.21. The number of carbonyl (C=O) groups is 1. The second-order valence-corrected chi connectivity index (χ2v) is 8.44. The molecule has 1 aromatic heterocycles. The first-order chi connectivity index (χ1) is 12.1. The van der Waals surface area contributed by atoms with Gasteiger partial charge in [0, 0.05) is 26.2 Å². The normalized spacial score (nSPS) is 13.1. The summed E-state index contributed by atoms with van der Waals surface area (Å²) in [6.45, 7) is 1.41. The second kappa shape index (κ2) is 6.75. The summed E-state index contributed by atoms with van der Waals surface area (Å²) in [7, 11) is 0. The Labute approximate surface area is 158 Å². The summed E-state index contributed by atoms with van der Waals surface area (Å²) in [5.41, 5.74) is 2.34. The van der Waals surface area contributed by atoms with E-state index in [1.807, 2.05) is 24.3 Å². The lowest BCUT2D eigenvalue weighted by Gasteiger charge is -2.24. The zero-order valence-electron chi connectivity index (χ0n) is 13.1. The first kappa shape index (κ1) is 16.5. The molecular weight excluding hydrogens is 374 g/mol. The number of carboxylic acid groups (broad SMARTS) is 1. The zero-order chi connectivity index (χ0) is 17.4. The average molecular weight is 388 g/mol. The fourth-order valence-corrected chi connectivity index (χ4v) is 4.98. The van der Waals surface area contributed by atoms with Crippen LogP contribution in [0.3, 0.4) is 0 Å². The number of benzene rings is 2. The number of rotatable bonds is 3. The van der Waals surface area contributed by atoms with Gasteiger partial charge in [0.2, 0.25) is 0 Å². The van der Waals surface area contributed by atoms with Gasteiger partial charge in [0.25, 0.3) is 0 Å². The van der Waals surface area contributed by atoms with Gasteiger partial charge in [0.15, 0.2) is 0 Å². The highest BCUT2D eigenvalue weighted by atomic mass is 35.5. The van der Waals surface area contributed by atoms with E-state index in [4.69, 9.17) is 16.7 Å². The fraction of sp³-hybridized carbons (Fsp3) is 0.105. The van der Waals surface area contributed by atoms with Crippen LogP contribution in [0.25, 0.3) is 0 Å². The number of thiophene rings is 1. The van der Waals surface area contributed by atoms with Gasteiger partial charge in [-0.05, 0) is 42.0 Å². The van der Waals surface area contributed by atoms with Crippen molar-refractivity contribution < 1.29 is 9.90 Å². The van der Waals surface area contributed by atoms with E-state index in [9.17, 15) is 4.79 Å². The van der Waals surface area contributed by atoms with E-state index in [-0.39, 0.29) is 0 Å². The average Bonchev–Trinajstić information content (AvgIpc) is 3.00. The van der Waals surface area contributed by atoms with Crippen molar-refractivity contribution in [2.75, 3.05) is 4.90 Å². The molecule has 25 heavy (non-hydrogen) atoms. The molecule has 3 nitrogen and oxygen atoms in total. The van der Waals surface area contributed by atoms with Crippen LogP contribution < -0.4 is 4.90 Å². The number of hydrogen-bond acceptors (Lipinski definition) is 4. The minimum Gasteiger partial charge on any atom is -0.477 e. The van der Waals surface area contributed by atoms with E-state index in [1.165, 1.54) is 21.8 Å². The third-order valence-corrected chi connectivity index (χ3v) is 6.51. The summed E-state index contributed by atoms with van der Waals surface area (Å²) in [5, 5.41) is 9.85. The maximum absolute atomic E-state index is 11.1. The molecule has 1 N–H and O–H groups in total. The van der Waals surface area contributed by atoms with Crippen molar-refractivity contribution in [3.63, 3.8) is 0 Å². The standard InChI is InChI=1S/C19H14ClNO2S2/c20-13-5-7-17-15(9-13)21(10-12-3-1-2-4-16(12)25-17)11-14-6-8-18(24-14)19(22)23/h1-9H,10-11H2,(H,22,23). The lowest BCUT2D eigenvalue weighted by molar-refractivity contribution is 0.0702. The predicted molar refractivity (Wildman–Crippen MR) is 103 cm³/mol. The van der Waals surface area contributed by atoms with Crippen LogP contribution in [0, 0.1) is 0 Å². The molecule has 4 rings (SSSR count). The van der Waals surface area contributed by atoms with Gasteiger partial charge >= 0.3 is 5.97 Å². The largest absolute Gasteiger partial charge is 0.477 e. The van der Waals surface area contributed by atoms with Crippen LogP contribution in [0.5, 0.6) is 0 Å². The summed E-state index contributed by atoms with van der Waals surface area (Å²) in [6.07, 6.45) is 0. The van der Waals surface area contributed by atoms with E-state index in [2.05, 4.69) is 29.2 Å². The molecular formula is C19H14ClNO2S2. The summed E-state index contributed by atoms with van der Waals surface area (Å²) < 4.78 is 0. The summed E-state index contributed by atoms with van der Waals surface area (Å²) in [4.78, 5) is 17.2. The topological polar surface area (TPSA) is 40.5 Å². The Bertz CT molecular complexity index is 954. The second-order valence-electron chi connectivity index (χ2n) is 5.75. The zero-order valence-corrected chi connectivity index (χ0v) is 15.5. The van der Waals surface area contributed by atoms with Gasteiger partial charge in [-0.3, -0.25) is 0 Å². The smallest absolute Gasteiger partial charge is 0.345 e. The number of halogens is 1. The summed E-state index contributed by atoms with van der Waals surface area (Å²) in [5.74, 6) is -0.878. The fourth-order valence-electron chi connectivity index (χ4n) is 2.87. The maximum atomic E-state index is 11.1. The van der Waals surface area contributed by atoms with Crippen LogP contribution in [-0.4, -0.2) is 11.1 Å². The van der Waals surface area contributed by atoms with Crippen molar-refractivity contribution in [3.05, 3.63) is 74.9 Å². The third kappa shape index (κ3) is 3.40. The highest BCUT2D eigenvalue weighted by molar-refractivity contribution is 7.99. The Kier molecular flexibility index (Phi) is 4.46. The van der Waals surface area contributed by atoms with Crippen LogP contribution in [0.1, 0.15) is 20.1 Å². The van der Waals surface area contributed by atoms with Crippen molar-refractivity contribution in [1.29, 1.82) is 0 Å². The van der Waals surface area contributed by atoms with E-state index in [1.54, 1.807) is 17.8 Å². The minimum atomic E-state index is -0.878. The number of anilines is 1. The lowest BCUT2D eigenvalue weighted by atomic mass is 10.2. The van der Waals surface area contributed by atoms with Gasteiger partial charge in [-0.2, -0.15) is 0 Å². The van der Waals surface area contributed by atoms with Crippen molar-refractivity contribution in [2.45, 2.75) is 22.9 Å². The first-order valence-electron chi connectivity index (χ1n) is 7.72. The Morgan fingerprint density at radius 1 is 1.12 bits per heavy atom. The van der Waals surface area contributed by atoms with Gasteiger partial charge in [-0.15, -0.1) is 11.3 Å². The van der Waals surface area contributed by atoms with Crippen LogP contribution in [0.15, 0.2) is 64.4 Å². The van der Waals surface area contributed by atoms with Crippen LogP contribution in [0.4, 0.5) is 5.69 Å². The van der Waals surface area contributed by atoms with E-state index in [0.29, 0.717) is 16.4 Å². The van der Waals surface area contributed by atoms with Crippen molar-refractivity contribution >= 4 is 46.4 Å². The molecule has 0 bridgehead atoms. The van der Waals surface area contributed by atoms with Gasteiger partial charge in [0.1, 0.15) is 4.88 Å². The van der Waals surface area contributed by atoms with Gasteiger partial charge in [-0.25, -0.2) is 4.79 Å². The third-order valence-electron chi connectivity index (χ3n) is 4.03. The molecule has 1 aliphatic heterocycles. The monoisotopic (exact) mass is 387 g/mol. The van der Waals surface area contributed by atoms with Crippen LogP contribution in [-0.2, 0) is 13.1 Å². The molecule has 0 saturated carbocycles. The molecule has 0 saturated heterocycles. The molecule has 0 amide bonds. The molecule has 0 spiro atoms. The molecule has 0 aliphatic carbocycles. The van der Waals surface area contributed by atoms with E-state index < -0.39 is 5.97 Å². The van der Waals surface area contributed by atoms with Gasteiger partial charge in [0.05, 0.1) is 12.2 Å². The Balaban J connectivity index is 1.74. The maximum Gasteiger partial charge on any atom is 0.345 e. The van der Waals surface area contributed by atoms with Gasteiger partial charge < -0.3 is 10.0 Å². The molecule has 6 heteroatoms. The molecule has 0 unspecified atom stereocenters. The van der Waals surface area contributed by atoms with Crippen molar-refractivity contribution in [2.24, 2.45) is 0 Å². The number of carboxylic acids is 1. The highest BCUT2D eigenvalue weighted by Crippen LogP contribution is 2.43. The number of nitrogens with zero attached hydrogens (tertiary/aromatic N) is 1. The SMILES string of the molecule is O=C(O)c1ccc(CN2Cc3ccccc3Sc3ccc(Cl)cc32)s1. The van der Waals surface area contributed by atoms with Crippen LogP contribution >= 0.6 is 34.7 Å². The number of aromatic carboxylic acids is 1. The Hall–Kier alpha value is -1.95. The number of hydrogen-bond donors (Lipinski definition) is 1. The van der Waals surface area contributed by atoms with Crippen molar-refractivity contribution in [1.82, 2.24) is 0 Å². The Morgan fingerprint density at radius 2 is 1.96 bits per heavy atom. The molecule has 0 radical (unpaired) electrons. The first-order valence-corrected chi connectivity index (χ1v) is 9.73. The molecule has 0 atom stereocenters. The van der Waals surface area contributed by atoms with E-state index >= 15 is 0 Å². The predicted octanol–water partition coefficient (Wildman–Crippen LogP) is 5.77. The molecule has 2 heterocycles. The molecule has 3 aromatic rings. The Morgan fingerprint density at radius 3 is 2.76 bits per heavy atom. The molecule has 2 aromatic carbocycles. The summed E-state index contributed by atoms with van der Waals surface area (Å²) >= 11 is 9.31. The number of fused-ring (bicyclic) bond motifs is 2. The van der Waals surface area contributed by atoms with Gasteiger partial charge in [-0.1, -0.05) is 41.6 Å². The molecule has 126 valence electrons.